The molecule has 3 aliphatic carbocycles. The molecule has 3 saturated carbocycles. The van der Waals surface area contributed by atoms with Gasteiger partial charge in [0, 0.05) is 47.5 Å². The fourth-order valence-electron chi connectivity index (χ4n) is 12.1. The fourth-order valence-corrected chi connectivity index (χ4v) is 12.8. The van der Waals surface area contributed by atoms with Crippen LogP contribution in [0.3, 0.4) is 0 Å². The van der Waals surface area contributed by atoms with Gasteiger partial charge in [0.1, 0.15) is 28.8 Å². The van der Waals surface area contributed by atoms with E-state index in [0.717, 1.165) is 73.1 Å². The molecule has 0 unspecified atom stereocenters. The van der Waals surface area contributed by atoms with Gasteiger partial charge in [0.05, 0.1) is 63.9 Å². The Balaban J connectivity index is 0.000000153. The van der Waals surface area contributed by atoms with Crippen LogP contribution in [0.15, 0.2) is 151 Å². The van der Waals surface area contributed by atoms with Crippen molar-refractivity contribution in [3.05, 3.63) is 162 Å². The van der Waals surface area contributed by atoms with Crippen molar-refractivity contribution in [2.75, 3.05) is 42.7 Å². The number of halogens is 1. The number of hydrogen-bond donors (Lipinski definition) is 9. The number of nitrogens with zero attached hydrogens (tertiary/aromatic N) is 6. The summed E-state index contributed by atoms with van der Waals surface area (Å²) in [5.41, 5.74) is 7.73. The molecule has 3 fully saturated rings. The summed E-state index contributed by atoms with van der Waals surface area (Å²) in [6.45, 7) is 3.95. The van der Waals surface area contributed by atoms with Gasteiger partial charge in [0.25, 0.3) is 0 Å². The number of methoxy groups -OCH3 is 1. The molecular weight excluding hydrogens is 1200 g/mol. The number of aromatic nitrogens is 6. The van der Waals surface area contributed by atoms with Crippen molar-refractivity contribution in [1.82, 2.24) is 29.9 Å². The molecule has 3 aliphatic rings. The molecule has 4 aromatic heterocycles. The number of hydrogen-bond acceptors (Lipinski definition) is 17. The van der Waals surface area contributed by atoms with Gasteiger partial charge in [-0.2, -0.15) is 0 Å². The lowest BCUT2D eigenvalue weighted by atomic mass is 9.82. The lowest BCUT2D eigenvalue weighted by Crippen LogP contribution is -2.25. The molecule has 0 spiro atoms. The number of anilines is 3. The zero-order chi connectivity index (χ0) is 65.4. The van der Waals surface area contributed by atoms with Crippen LogP contribution in [0.25, 0.3) is 66.9 Å². The van der Waals surface area contributed by atoms with Gasteiger partial charge in [-0.1, -0.05) is 66.2 Å². The number of para-hydroxylation sites is 3. The van der Waals surface area contributed by atoms with Crippen molar-refractivity contribution in [3.8, 4) is 89.9 Å². The SMILES string of the molecule is COc1ccccc1-c1cc(-c2cc(C)ccc2O)nc(NCC2CCC(C(=O)O)CC2)n1.O=C(O)C1CCC(CNc2nc(-c3ccccc3O)cc(-c3ccccc3F)n2)CC1.O=C(O)C1CCC(CNc2nc(-c3cccs3)cc(-c3ccccc3O)n2)CC1. The average molecular weight is 1280 g/mol. The van der Waals surface area contributed by atoms with Gasteiger partial charge >= 0.3 is 17.9 Å². The third kappa shape index (κ3) is 17.5. The number of nitrogens with one attached hydrogen (secondary N) is 3. The number of rotatable bonds is 19. The maximum atomic E-state index is 14.4. The van der Waals surface area contributed by atoms with Crippen LogP contribution in [-0.2, 0) is 14.4 Å². The predicted molar refractivity (Wildman–Crippen MR) is 358 cm³/mol. The van der Waals surface area contributed by atoms with E-state index in [2.05, 4.69) is 35.9 Å². The zero-order valence-corrected chi connectivity index (χ0v) is 52.6. The molecule has 0 atom stereocenters. The first-order valence-corrected chi connectivity index (χ1v) is 32.3. The van der Waals surface area contributed by atoms with Crippen molar-refractivity contribution in [2.24, 2.45) is 35.5 Å². The second-order valence-corrected chi connectivity index (χ2v) is 24.9. The topological polar surface area (TPSA) is 295 Å². The first kappa shape index (κ1) is 65.9. The van der Waals surface area contributed by atoms with Crippen molar-refractivity contribution in [1.29, 1.82) is 0 Å². The van der Waals surface area contributed by atoms with Gasteiger partial charge < -0.3 is 51.3 Å². The third-order valence-corrected chi connectivity index (χ3v) is 18.4. The van der Waals surface area contributed by atoms with Gasteiger partial charge in [0.2, 0.25) is 17.8 Å². The number of carboxylic acid groups (broad SMARTS) is 3. The maximum Gasteiger partial charge on any atom is 0.306 e. The van der Waals surface area contributed by atoms with E-state index in [1.54, 1.807) is 85.2 Å². The highest BCUT2D eigenvalue weighted by Gasteiger charge is 2.29. The monoisotopic (exact) mass is 1280 g/mol. The summed E-state index contributed by atoms with van der Waals surface area (Å²) < 4.78 is 20.0. The second kappa shape index (κ2) is 31.3. The Hall–Kier alpha value is -10.0. The highest BCUT2D eigenvalue weighted by Crippen LogP contribution is 2.39. The fraction of sp³-hybridized carbons (Fsp3) is 0.319. The van der Waals surface area contributed by atoms with Gasteiger partial charge in [-0.15, -0.1) is 11.3 Å². The number of phenolic OH excluding ortho intramolecular Hbond substituents is 3. The quantitative estimate of drug-likeness (QED) is 0.0363. The molecule has 21 heteroatoms. The van der Waals surface area contributed by atoms with Crippen LogP contribution in [0.5, 0.6) is 23.0 Å². The molecule has 0 bridgehead atoms. The largest absolute Gasteiger partial charge is 0.507 e. The molecule has 93 heavy (non-hydrogen) atoms. The van der Waals surface area contributed by atoms with Gasteiger partial charge in [0.15, 0.2) is 0 Å². The van der Waals surface area contributed by atoms with Crippen molar-refractivity contribution in [3.63, 3.8) is 0 Å². The minimum Gasteiger partial charge on any atom is -0.507 e. The summed E-state index contributed by atoms with van der Waals surface area (Å²) in [7, 11) is 1.62. The van der Waals surface area contributed by atoms with E-state index in [9.17, 15) is 39.2 Å². The first-order valence-electron chi connectivity index (χ1n) is 31.4. The summed E-state index contributed by atoms with van der Waals surface area (Å²) in [4.78, 5) is 62.3. The van der Waals surface area contributed by atoms with E-state index in [0.29, 0.717) is 137 Å². The Morgan fingerprint density at radius 3 is 1.23 bits per heavy atom. The summed E-state index contributed by atoms with van der Waals surface area (Å²) >= 11 is 1.61. The Morgan fingerprint density at radius 1 is 0.441 bits per heavy atom. The molecule has 482 valence electrons. The number of aryl methyl sites for hydroxylation is 1. The minimum atomic E-state index is -0.723. The predicted octanol–water partition coefficient (Wildman–Crippen LogP) is 15.0. The first-order chi connectivity index (χ1) is 45.0. The minimum absolute atomic E-state index is 0.0821. The molecule has 0 radical (unpaired) electrons. The van der Waals surface area contributed by atoms with Crippen LogP contribution >= 0.6 is 11.3 Å². The van der Waals surface area contributed by atoms with Crippen LogP contribution in [-0.4, -0.2) is 105 Å². The second-order valence-electron chi connectivity index (χ2n) is 23.9. The molecule has 0 aliphatic heterocycles. The number of carboxylic acids is 3. The van der Waals surface area contributed by atoms with Crippen LogP contribution in [0.2, 0.25) is 0 Å². The van der Waals surface area contributed by atoms with Crippen molar-refractivity contribution in [2.45, 2.75) is 84.0 Å². The molecule has 4 heterocycles. The zero-order valence-electron chi connectivity index (χ0n) is 51.8. The molecule has 0 saturated heterocycles. The molecule has 12 rings (SSSR count). The number of aliphatic carboxylic acids is 3. The summed E-state index contributed by atoms with van der Waals surface area (Å²) in [6, 6.07) is 42.9. The lowest BCUT2D eigenvalue weighted by Gasteiger charge is -2.26. The Bertz CT molecular complexity index is 3960. The molecular formula is C72H76FN9O10S. The van der Waals surface area contributed by atoms with E-state index in [4.69, 9.17) is 24.9 Å². The smallest absolute Gasteiger partial charge is 0.306 e. The molecule has 19 nitrogen and oxygen atoms in total. The number of benzene rings is 5. The summed E-state index contributed by atoms with van der Waals surface area (Å²) in [5.74, 6) is 0.368. The molecule has 5 aromatic carbocycles. The molecule has 0 amide bonds. The highest BCUT2D eigenvalue weighted by atomic mass is 32.1. The average Bonchev–Trinajstić information content (AvgIpc) is 2.16. The van der Waals surface area contributed by atoms with Gasteiger partial charge in [-0.25, -0.2) is 34.3 Å². The van der Waals surface area contributed by atoms with Crippen LogP contribution in [0.1, 0.15) is 82.6 Å². The van der Waals surface area contributed by atoms with Crippen LogP contribution in [0.4, 0.5) is 22.2 Å². The summed E-state index contributed by atoms with van der Waals surface area (Å²) in [5, 5.41) is 70.5. The Kier molecular flexibility index (Phi) is 22.2. The van der Waals surface area contributed by atoms with Gasteiger partial charge in [-0.05, 0) is 192 Å². The van der Waals surface area contributed by atoms with Crippen LogP contribution in [0, 0.1) is 48.2 Å². The maximum absolute atomic E-state index is 14.4. The number of carbonyl (C=O) groups is 3. The van der Waals surface area contributed by atoms with E-state index in [-0.39, 0.29) is 40.8 Å². The van der Waals surface area contributed by atoms with E-state index < -0.39 is 17.9 Å². The molecule has 9 N–H and O–H groups in total. The number of ether oxygens (including phenoxy) is 1. The van der Waals surface area contributed by atoms with E-state index in [1.807, 2.05) is 85.1 Å². The standard InChI is InChI=1S/C26H29N3O4.C24H24FN3O3.C22H23N3O3S/c1-16-7-12-23(30)20(13-16)22-14-21(19-5-3-4-6-24(19)33-2)28-26(29-22)27-15-17-8-10-18(11-9-17)25(31)32;25-19-7-3-1-5-17(19)20-13-21(18-6-2-4-8-22(18)29)28-24(27-20)26-14-15-9-11-16(12-10-15)23(30)31;26-19-5-2-1-4-16(19)17-12-18(20-6-3-11-29-20)25-22(24-17)23-13-14-7-9-15(10-8-14)21(27)28/h3-7,12-14,17-18,30H,8-11,15H2,1-2H3,(H,31,32)(H,27,28,29);1-8,13,15-16,29H,9-12,14H2,(H,30,31)(H,26,27,28);1-6,11-12,14-15,26H,7-10,13H2,(H,27,28)(H,23,24,25). The van der Waals surface area contributed by atoms with Crippen LogP contribution < -0.4 is 20.7 Å². The number of thiophene rings is 1. The molecule has 9 aromatic rings. The third-order valence-electron chi connectivity index (χ3n) is 17.5. The Morgan fingerprint density at radius 2 is 0.806 bits per heavy atom. The van der Waals surface area contributed by atoms with E-state index >= 15 is 0 Å². The highest BCUT2D eigenvalue weighted by molar-refractivity contribution is 7.13. The van der Waals surface area contributed by atoms with Crippen molar-refractivity contribution >= 4 is 47.1 Å². The number of phenols is 3. The normalized spacial score (nSPS) is 18.5. The van der Waals surface area contributed by atoms with Crippen molar-refractivity contribution < 1.29 is 54.2 Å². The van der Waals surface area contributed by atoms with Gasteiger partial charge in [-0.3, -0.25) is 14.4 Å². The lowest BCUT2D eigenvalue weighted by molar-refractivity contribution is -0.144. The Labute approximate surface area is 543 Å². The number of aromatic hydroxyl groups is 3. The van der Waals surface area contributed by atoms with E-state index in [1.165, 1.54) is 6.07 Å². The summed E-state index contributed by atoms with van der Waals surface area (Å²) in [6.07, 6.45) is 9.33.